The van der Waals surface area contributed by atoms with Crippen molar-refractivity contribution < 1.29 is 4.79 Å². The Balaban J connectivity index is 1.98. The van der Waals surface area contributed by atoms with Crippen LogP contribution in [-0.4, -0.2) is 28.5 Å². The number of pyridine rings is 1. The Morgan fingerprint density at radius 3 is 3.07 bits per heavy atom. The Kier molecular flexibility index (Phi) is 2.97. The molecule has 0 unspecified atom stereocenters. The van der Waals surface area contributed by atoms with Gasteiger partial charge in [0, 0.05) is 18.8 Å². The number of nitrogens with one attached hydrogen (secondary N) is 1. The number of hydrogen-bond donors (Lipinski definition) is 1. The quantitative estimate of drug-likeness (QED) is 0.789. The van der Waals surface area contributed by atoms with E-state index in [0.29, 0.717) is 11.7 Å². The maximum atomic E-state index is 11.7. The molecule has 80 valence electrons. The van der Waals surface area contributed by atoms with Gasteiger partial charge in [0.15, 0.2) is 0 Å². The first-order valence-corrected chi connectivity index (χ1v) is 5.26. The van der Waals surface area contributed by atoms with Crippen molar-refractivity contribution in [2.75, 3.05) is 6.54 Å². The summed E-state index contributed by atoms with van der Waals surface area (Å²) in [5.74, 6) is -0.121. The Labute approximate surface area is 89.3 Å². The van der Waals surface area contributed by atoms with Gasteiger partial charge in [0.25, 0.3) is 5.91 Å². The number of rotatable bonds is 2. The summed E-state index contributed by atoms with van der Waals surface area (Å²) in [6.07, 6.45) is 3.91. The lowest BCUT2D eigenvalue weighted by Crippen LogP contribution is -2.44. The van der Waals surface area contributed by atoms with E-state index in [-0.39, 0.29) is 5.91 Å². The Hall–Kier alpha value is -1.42. The van der Waals surface area contributed by atoms with Gasteiger partial charge in [-0.3, -0.25) is 15.2 Å². The molecule has 0 spiro atoms. The minimum Gasteiger partial charge on any atom is -0.283 e. The highest BCUT2D eigenvalue weighted by molar-refractivity contribution is 5.91. The minimum absolute atomic E-state index is 0.121. The summed E-state index contributed by atoms with van der Waals surface area (Å²) in [6, 6.07) is 5.76. The first-order chi connectivity index (χ1) is 7.27. The second-order valence-electron chi connectivity index (χ2n) is 3.84. The maximum absolute atomic E-state index is 11.7. The molecule has 0 radical (unpaired) electrons. The molecule has 0 aromatic carbocycles. The molecular weight excluding hydrogens is 190 g/mol. The average molecular weight is 205 g/mol. The zero-order valence-corrected chi connectivity index (χ0v) is 8.81. The first-order valence-electron chi connectivity index (χ1n) is 5.26. The molecule has 0 aliphatic carbocycles. The third-order valence-corrected chi connectivity index (χ3v) is 2.70. The smallest absolute Gasteiger partial charge is 0.283 e. The fraction of sp³-hybridized carbons (Fsp3) is 0.455. The zero-order valence-electron chi connectivity index (χ0n) is 8.81. The van der Waals surface area contributed by atoms with Crippen LogP contribution in [0.1, 0.15) is 30.3 Å². The molecule has 1 fully saturated rings. The maximum Gasteiger partial charge on any atom is 0.284 e. The molecule has 1 atom stereocenters. The second kappa shape index (κ2) is 4.40. The Morgan fingerprint density at radius 1 is 1.60 bits per heavy atom. The van der Waals surface area contributed by atoms with Crippen molar-refractivity contribution in [2.24, 2.45) is 0 Å². The van der Waals surface area contributed by atoms with Gasteiger partial charge in [-0.25, -0.2) is 5.01 Å². The topological polar surface area (TPSA) is 45.2 Å². The molecule has 0 bridgehead atoms. The van der Waals surface area contributed by atoms with E-state index in [9.17, 15) is 4.79 Å². The molecule has 2 heterocycles. The first kappa shape index (κ1) is 10.1. The normalized spacial score (nSPS) is 21.5. The van der Waals surface area contributed by atoms with E-state index in [1.807, 2.05) is 11.1 Å². The number of carbonyl (C=O) groups is 1. The van der Waals surface area contributed by atoms with Gasteiger partial charge in [-0.15, -0.1) is 0 Å². The highest BCUT2D eigenvalue weighted by atomic mass is 16.2. The lowest BCUT2D eigenvalue weighted by atomic mass is 10.3. The third kappa shape index (κ3) is 2.33. The summed E-state index contributed by atoms with van der Waals surface area (Å²) in [4.78, 5) is 15.7. The molecule has 0 saturated carbocycles. The van der Waals surface area contributed by atoms with E-state index in [1.165, 1.54) is 0 Å². The molecule has 15 heavy (non-hydrogen) atoms. The van der Waals surface area contributed by atoms with Gasteiger partial charge in [-0.1, -0.05) is 6.07 Å². The van der Waals surface area contributed by atoms with Gasteiger partial charge in [-0.05, 0) is 31.9 Å². The van der Waals surface area contributed by atoms with Crippen LogP contribution in [0.25, 0.3) is 0 Å². The molecule has 2 rings (SSSR count). The number of hydrazine groups is 1. The van der Waals surface area contributed by atoms with Crippen LogP contribution < -0.4 is 5.43 Å². The van der Waals surface area contributed by atoms with E-state index in [4.69, 9.17) is 0 Å². The highest BCUT2D eigenvalue weighted by Crippen LogP contribution is 2.13. The van der Waals surface area contributed by atoms with Crippen LogP contribution in [0, 0.1) is 0 Å². The van der Waals surface area contributed by atoms with Crippen LogP contribution in [0.3, 0.4) is 0 Å². The van der Waals surface area contributed by atoms with Gasteiger partial charge in [0.2, 0.25) is 0 Å². The van der Waals surface area contributed by atoms with Gasteiger partial charge >= 0.3 is 0 Å². The van der Waals surface area contributed by atoms with Crippen LogP contribution in [-0.2, 0) is 0 Å². The number of amides is 1. The van der Waals surface area contributed by atoms with Crippen LogP contribution in [0.2, 0.25) is 0 Å². The van der Waals surface area contributed by atoms with Crippen molar-refractivity contribution >= 4 is 5.91 Å². The van der Waals surface area contributed by atoms with Gasteiger partial charge < -0.3 is 0 Å². The van der Waals surface area contributed by atoms with Crippen molar-refractivity contribution in [1.82, 2.24) is 15.4 Å². The van der Waals surface area contributed by atoms with Gasteiger partial charge in [0.05, 0.1) is 0 Å². The molecule has 4 heteroatoms. The van der Waals surface area contributed by atoms with Crippen molar-refractivity contribution in [3.05, 3.63) is 30.1 Å². The number of nitrogens with zero attached hydrogens (tertiary/aromatic N) is 2. The lowest BCUT2D eigenvalue weighted by molar-refractivity contribution is 0.0771. The summed E-state index contributed by atoms with van der Waals surface area (Å²) in [5.41, 5.74) is 3.35. The standard InChI is InChI=1S/C11H15N3O/c1-9-5-4-8-14(9)13-11(15)10-6-2-3-7-12-10/h2-3,6-7,9H,4-5,8H2,1H3,(H,13,15)/t9-/m0/s1. The molecule has 1 saturated heterocycles. The summed E-state index contributed by atoms with van der Waals surface area (Å²) in [5, 5.41) is 1.98. The molecule has 1 aliphatic heterocycles. The number of hydrogen-bond acceptors (Lipinski definition) is 3. The molecule has 1 aliphatic rings. The predicted molar refractivity (Wildman–Crippen MR) is 57.1 cm³/mol. The summed E-state index contributed by atoms with van der Waals surface area (Å²) in [7, 11) is 0. The second-order valence-corrected chi connectivity index (χ2v) is 3.84. The van der Waals surface area contributed by atoms with E-state index < -0.39 is 0 Å². The molecule has 4 nitrogen and oxygen atoms in total. The average Bonchev–Trinajstić information content (AvgIpc) is 2.66. The van der Waals surface area contributed by atoms with E-state index >= 15 is 0 Å². The Bertz CT molecular complexity index is 339. The monoisotopic (exact) mass is 205 g/mol. The van der Waals surface area contributed by atoms with Gasteiger partial charge in [-0.2, -0.15) is 0 Å². The molecule has 1 N–H and O–H groups in total. The SMILES string of the molecule is C[C@H]1CCCN1NC(=O)c1ccccn1. The highest BCUT2D eigenvalue weighted by Gasteiger charge is 2.22. The molecule has 1 aromatic heterocycles. The van der Waals surface area contributed by atoms with Crippen molar-refractivity contribution in [3.8, 4) is 0 Å². The Morgan fingerprint density at radius 2 is 2.47 bits per heavy atom. The third-order valence-electron chi connectivity index (χ3n) is 2.70. The zero-order chi connectivity index (χ0) is 10.7. The van der Waals surface area contributed by atoms with Crippen LogP contribution >= 0.6 is 0 Å². The van der Waals surface area contributed by atoms with E-state index in [0.717, 1.165) is 19.4 Å². The molecular formula is C11H15N3O. The lowest BCUT2D eigenvalue weighted by Gasteiger charge is -2.21. The van der Waals surface area contributed by atoms with Gasteiger partial charge in [0.1, 0.15) is 5.69 Å². The molecule has 1 amide bonds. The number of aromatic nitrogens is 1. The van der Waals surface area contributed by atoms with Crippen LogP contribution in [0.4, 0.5) is 0 Å². The summed E-state index contributed by atoms with van der Waals surface area (Å²) < 4.78 is 0. The molecule has 1 aromatic rings. The minimum atomic E-state index is -0.121. The number of carbonyl (C=O) groups excluding carboxylic acids is 1. The van der Waals surface area contributed by atoms with Crippen LogP contribution in [0.5, 0.6) is 0 Å². The van der Waals surface area contributed by atoms with E-state index in [1.54, 1.807) is 18.3 Å². The van der Waals surface area contributed by atoms with E-state index in [2.05, 4.69) is 17.3 Å². The van der Waals surface area contributed by atoms with Crippen LogP contribution in [0.15, 0.2) is 24.4 Å². The summed E-state index contributed by atoms with van der Waals surface area (Å²) in [6.45, 7) is 3.05. The summed E-state index contributed by atoms with van der Waals surface area (Å²) >= 11 is 0. The fourth-order valence-electron chi connectivity index (χ4n) is 1.78. The predicted octanol–water partition coefficient (Wildman–Crippen LogP) is 1.21. The van der Waals surface area contributed by atoms with Crippen molar-refractivity contribution in [2.45, 2.75) is 25.8 Å². The van der Waals surface area contributed by atoms with Crippen molar-refractivity contribution in [3.63, 3.8) is 0 Å². The fourth-order valence-corrected chi connectivity index (χ4v) is 1.78. The largest absolute Gasteiger partial charge is 0.284 e. The van der Waals surface area contributed by atoms with Crippen molar-refractivity contribution in [1.29, 1.82) is 0 Å².